The Morgan fingerprint density at radius 1 is 1.58 bits per heavy atom. The minimum atomic E-state index is -4.39. The maximum atomic E-state index is 11.9. The molecule has 12 heavy (non-hydrogen) atoms. The zero-order valence-electron chi connectivity index (χ0n) is 6.63. The van der Waals surface area contributed by atoms with E-state index >= 15 is 0 Å². The Morgan fingerprint density at radius 3 is 2.33 bits per heavy atom. The van der Waals surface area contributed by atoms with Crippen LogP contribution in [0.3, 0.4) is 0 Å². The molecule has 0 saturated carbocycles. The Kier molecular flexibility index (Phi) is 4.09. The Bertz CT molecular complexity index is 278. The SMILES string of the molecule is C=C/C=C(\CC)S(=O)(=O)C(F)F. The molecule has 0 heterocycles. The average molecular weight is 196 g/mol. The molecule has 0 aliphatic heterocycles. The third-order valence-corrected chi connectivity index (χ3v) is 2.88. The van der Waals surface area contributed by atoms with Crippen LogP contribution in [0.5, 0.6) is 0 Å². The maximum Gasteiger partial charge on any atom is 0.340 e. The highest BCUT2D eigenvalue weighted by Gasteiger charge is 2.27. The number of rotatable bonds is 4. The standard InChI is InChI=1S/C7H10F2O2S/c1-3-5-6(4-2)12(10,11)7(8)9/h3,5,7H,1,4H2,2H3/b6-5+. The van der Waals surface area contributed by atoms with Crippen molar-refractivity contribution in [2.24, 2.45) is 0 Å². The van der Waals surface area contributed by atoms with Gasteiger partial charge in [0.05, 0.1) is 0 Å². The van der Waals surface area contributed by atoms with Crippen molar-refractivity contribution in [3.05, 3.63) is 23.6 Å². The van der Waals surface area contributed by atoms with Gasteiger partial charge in [-0.15, -0.1) is 0 Å². The number of halogens is 2. The van der Waals surface area contributed by atoms with Crippen LogP contribution in [0, 0.1) is 0 Å². The van der Waals surface area contributed by atoms with E-state index < -0.39 is 15.6 Å². The van der Waals surface area contributed by atoms with E-state index in [9.17, 15) is 17.2 Å². The summed E-state index contributed by atoms with van der Waals surface area (Å²) in [5.74, 6) is -3.34. The van der Waals surface area contributed by atoms with Gasteiger partial charge in [0.1, 0.15) is 0 Å². The van der Waals surface area contributed by atoms with Gasteiger partial charge < -0.3 is 0 Å². The van der Waals surface area contributed by atoms with Crippen molar-refractivity contribution in [3.8, 4) is 0 Å². The predicted molar refractivity (Wildman–Crippen MR) is 43.5 cm³/mol. The van der Waals surface area contributed by atoms with E-state index in [2.05, 4.69) is 6.58 Å². The van der Waals surface area contributed by atoms with Crippen LogP contribution in [0.25, 0.3) is 0 Å². The van der Waals surface area contributed by atoms with E-state index in [-0.39, 0.29) is 11.3 Å². The van der Waals surface area contributed by atoms with Crippen molar-refractivity contribution in [2.45, 2.75) is 19.1 Å². The number of hydrogen-bond acceptors (Lipinski definition) is 2. The van der Waals surface area contributed by atoms with E-state index in [1.807, 2.05) is 0 Å². The normalized spacial score (nSPS) is 13.5. The number of hydrogen-bond donors (Lipinski definition) is 0. The van der Waals surface area contributed by atoms with Gasteiger partial charge in [0.2, 0.25) is 9.84 Å². The Labute approximate surface area is 70.5 Å². The molecule has 0 spiro atoms. The van der Waals surface area contributed by atoms with Gasteiger partial charge in [-0.25, -0.2) is 8.42 Å². The highest BCUT2D eigenvalue weighted by atomic mass is 32.2. The van der Waals surface area contributed by atoms with Crippen LogP contribution in [-0.4, -0.2) is 14.2 Å². The highest BCUT2D eigenvalue weighted by molar-refractivity contribution is 7.95. The molecule has 70 valence electrons. The lowest BCUT2D eigenvalue weighted by Crippen LogP contribution is -2.13. The van der Waals surface area contributed by atoms with Crippen molar-refractivity contribution < 1.29 is 17.2 Å². The molecule has 0 bridgehead atoms. The monoisotopic (exact) mass is 196 g/mol. The first-order valence-electron chi connectivity index (χ1n) is 3.30. The van der Waals surface area contributed by atoms with Crippen LogP contribution < -0.4 is 0 Å². The van der Waals surface area contributed by atoms with Crippen molar-refractivity contribution >= 4 is 9.84 Å². The van der Waals surface area contributed by atoms with Crippen LogP contribution in [0.4, 0.5) is 8.78 Å². The smallest absolute Gasteiger partial charge is 0.218 e. The number of sulfone groups is 1. The molecule has 0 N–H and O–H groups in total. The first kappa shape index (κ1) is 11.3. The molecule has 0 unspecified atom stereocenters. The summed E-state index contributed by atoms with van der Waals surface area (Å²) < 4.78 is 45.4. The molecule has 0 rings (SSSR count). The second-order valence-corrected chi connectivity index (χ2v) is 4.00. The van der Waals surface area contributed by atoms with Gasteiger partial charge in [0.25, 0.3) is 0 Å². The molecular weight excluding hydrogens is 186 g/mol. The third kappa shape index (κ3) is 2.41. The molecule has 2 nitrogen and oxygen atoms in total. The molecule has 0 radical (unpaired) electrons. The van der Waals surface area contributed by atoms with Gasteiger partial charge in [0.15, 0.2) is 0 Å². The van der Waals surface area contributed by atoms with E-state index in [0.717, 1.165) is 6.08 Å². The first-order valence-corrected chi connectivity index (χ1v) is 4.85. The number of allylic oxidation sites excluding steroid dienone is 3. The average Bonchev–Trinajstić information content (AvgIpc) is 1.99. The summed E-state index contributed by atoms with van der Waals surface area (Å²) in [5, 5.41) is 0. The Morgan fingerprint density at radius 2 is 2.08 bits per heavy atom. The summed E-state index contributed by atoms with van der Waals surface area (Å²) in [6, 6.07) is 0. The molecule has 0 aliphatic carbocycles. The van der Waals surface area contributed by atoms with Crippen molar-refractivity contribution in [2.75, 3.05) is 0 Å². The fraction of sp³-hybridized carbons (Fsp3) is 0.429. The number of alkyl halides is 2. The predicted octanol–water partition coefficient (Wildman–Crippen LogP) is 2.10. The summed E-state index contributed by atoms with van der Waals surface area (Å²) in [4.78, 5) is -0.285. The molecule has 0 aromatic heterocycles. The van der Waals surface area contributed by atoms with Crippen LogP contribution in [0.2, 0.25) is 0 Å². The summed E-state index contributed by atoms with van der Waals surface area (Å²) in [6.45, 7) is 4.73. The van der Waals surface area contributed by atoms with Crippen molar-refractivity contribution in [1.29, 1.82) is 0 Å². The Hall–Kier alpha value is -0.710. The molecule has 0 fully saturated rings. The van der Waals surface area contributed by atoms with Gasteiger partial charge in [-0.3, -0.25) is 0 Å². The van der Waals surface area contributed by atoms with Crippen molar-refractivity contribution in [1.82, 2.24) is 0 Å². The maximum absolute atomic E-state index is 11.9. The minimum Gasteiger partial charge on any atom is -0.218 e. The summed E-state index contributed by atoms with van der Waals surface area (Å²) in [7, 11) is -4.39. The van der Waals surface area contributed by atoms with E-state index in [0.29, 0.717) is 0 Å². The molecule has 5 heteroatoms. The van der Waals surface area contributed by atoms with Crippen LogP contribution >= 0.6 is 0 Å². The zero-order valence-corrected chi connectivity index (χ0v) is 7.44. The highest BCUT2D eigenvalue weighted by Crippen LogP contribution is 2.18. The first-order chi connectivity index (χ1) is 5.46. The topological polar surface area (TPSA) is 34.1 Å². The lowest BCUT2D eigenvalue weighted by molar-refractivity contribution is 0.236. The van der Waals surface area contributed by atoms with E-state index in [1.54, 1.807) is 0 Å². The van der Waals surface area contributed by atoms with Gasteiger partial charge in [-0.1, -0.05) is 19.6 Å². The fourth-order valence-corrected chi connectivity index (χ4v) is 1.58. The lowest BCUT2D eigenvalue weighted by atomic mass is 10.4. The fourth-order valence-electron chi connectivity index (χ4n) is 0.660. The molecule has 0 saturated heterocycles. The van der Waals surface area contributed by atoms with E-state index in [1.165, 1.54) is 13.0 Å². The summed E-state index contributed by atoms with van der Waals surface area (Å²) in [6.07, 6.45) is 2.32. The van der Waals surface area contributed by atoms with Gasteiger partial charge >= 0.3 is 5.76 Å². The summed E-state index contributed by atoms with van der Waals surface area (Å²) >= 11 is 0. The van der Waals surface area contributed by atoms with Crippen molar-refractivity contribution in [3.63, 3.8) is 0 Å². The van der Waals surface area contributed by atoms with Crippen LogP contribution in [0.15, 0.2) is 23.6 Å². The van der Waals surface area contributed by atoms with Gasteiger partial charge in [0, 0.05) is 4.91 Å². The molecular formula is C7H10F2O2S. The van der Waals surface area contributed by atoms with Gasteiger partial charge in [-0.2, -0.15) is 8.78 Å². The molecule has 0 aromatic rings. The second-order valence-electron chi connectivity index (χ2n) is 2.03. The second kappa shape index (κ2) is 4.35. The van der Waals surface area contributed by atoms with Crippen LogP contribution in [0.1, 0.15) is 13.3 Å². The molecule has 0 aromatic carbocycles. The van der Waals surface area contributed by atoms with Gasteiger partial charge in [-0.05, 0) is 12.5 Å². The molecule has 0 aliphatic rings. The molecule has 0 amide bonds. The van der Waals surface area contributed by atoms with Crippen LogP contribution in [-0.2, 0) is 9.84 Å². The van der Waals surface area contributed by atoms with E-state index in [4.69, 9.17) is 0 Å². The Balaban J connectivity index is 5.00. The summed E-state index contributed by atoms with van der Waals surface area (Å²) in [5.41, 5.74) is 0. The largest absolute Gasteiger partial charge is 0.340 e. The molecule has 0 atom stereocenters. The third-order valence-electron chi connectivity index (χ3n) is 1.25. The lowest BCUT2D eigenvalue weighted by Gasteiger charge is -2.03. The quantitative estimate of drug-likeness (QED) is 0.645. The zero-order chi connectivity index (χ0) is 9.78. The minimum absolute atomic E-state index is 0.0543.